The average Bonchev–Trinajstić information content (AvgIpc) is 2.95. The summed E-state index contributed by atoms with van der Waals surface area (Å²) in [5.41, 5.74) is -0.345. The van der Waals surface area contributed by atoms with Crippen molar-refractivity contribution in [1.82, 2.24) is 4.90 Å². The maximum atomic E-state index is 12.5. The molecule has 0 aromatic heterocycles. The molecule has 1 aliphatic rings. The Morgan fingerprint density at radius 2 is 2.24 bits per heavy atom. The molecule has 9 heteroatoms. The molecule has 1 amide bonds. The van der Waals surface area contributed by atoms with Crippen LogP contribution in [0.3, 0.4) is 0 Å². The summed E-state index contributed by atoms with van der Waals surface area (Å²) in [6.07, 6.45) is 0. The third kappa shape index (κ3) is 2.77. The van der Waals surface area contributed by atoms with Crippen LogP contribution in [0.1, 0.15) is 10.4 Å². The van der Waals surface area contributed by atoms with Gasteiger partial charge in [-0.1, -0.05) is 6.07 Å². The molecular formula is C12H12N2O6S. The van der Waals surface area contributed by atoms with E-state index >= 15 is 0 Å². The molecule has 1 aliphatic heterocycles. The fourth-order valence-corrected chi connectivity index (χ4v) is 3.20. The van der Waals surface area contributed by atoms with Gasteiger partial charge in [-0.3, -0.25) is 14.9 Å². The standard InChI is InChI=1S/C12H12N2O6S/c1-20-10-7(3-2-4-8(10)14(18)19)11(15)13-6-21-5-9(13)12(16)17/h2-4,9H,5-6H2,1H3,(H,16,17)/t9-/m0/s1. The first kappa shape index (κ1) is 15.1. The Kier molecular flexibility index (Phi) is 4.32. The van der Waals surface area contributed by atoms with Crippen LogP contribution in [0.4, 0.5) is 5.69 Å². The van der Waals surface area contributed by atoms with E-state index in [1.807, 2.05) is 0 Å². The van der Waals surface area contributed by atoms with E-state index in [1.165, 1.54) is 42.0 Å². The number of hydrogen-bond donors (Lipinski definition) is 1. The fraction of sp³-hybridized carbons (Fsp3) is 0.333. The molecule has 1 heterocycles. The quantitative estimate of drug-likeness (QED) is 0.657. The highest BCUT2D eigenvalue weighted by molar-refractivity contribution is 7.99. The Labute approximate surface area is 123 Å². The maximum absolute atomic E-state index is 12.5. The summed E-state index contributed by atoms with van der Waals surface area (Å²) in [7, 11) is 1.23. The highest BCUT2D eigenvalue weighted by Crippen LogP contribution is 2.33. The van der Waals surface area contributed by atoms with Gasteiger partial charge in [0, 0.05) is 11.8 Å². The Morgan fingerprint density at radius 1 is 1.52 bits per heavy atom. The van der Waals surface area contributed by atoms with E-state index in [4.69, 9.17) is 9.84 Å². The van der Waals surface area contributed by atoms with Crippen LogP contribution < -0.4 is 4.74 Å². The lowest BCUT2D eigenvalue weighted by Gasteiger charge is -2.21. The number of rotatable bonds is 4. The molecule has 0 aliphatic carbocycles. The van der Waals surface area contributed by atoms with Gasteiger partial charge in [0.1, 0.15) is 6.04 Å². The molecule has 0 unspecified atom stereocenters. The highest BCUT2D eigenvalue weighted by Gasteiger charge is 2.37. The summed E-state index contributed by atoms with van der Waals surface area (Å²) >= 11 is 1.32. The molecule has 0 spiro atoms. The number of carboxylic acid groups (broad SMARTS) is 1. The van der Waals surface area contributed by atoms with Crippen molar-refractivity contribution >= 4 is 29.3 Å². The van der Waals surface area contributed by atoms with E-state index in [0.29, 0.717) is 0 Å². The number of methoxy groups -OCH3 is 1. The average molecular weight is 312 g/mol. The number of carboxylic acids is 1. The van der Waals surface area contributed by atoms with E-state index in [2.05, 4.69) is 0 Å². The number of nitro groups is 1. The third-order valence-electron chi connectivity index (χ3n) is 3.05. The predicted molar refractivity (Wildman–Crippen MR) is 74.6 cm³/mol. The van der Waals surface area contributed by atoms with Crippen LogP contribution in [0.5, 0.6) is 5.75 Å². The van der Waals surface area contributed by atoms with Crippen molar-refractivity contribution in [2.75, 3.05) is 18.7 Å². The minimum atomic E-state index is -1.10. The maximum Gasteiger partial charge on any atom is 0.327 e. The molecule has 0 radical (unpaired) electrons. The molecule has 1 aromatic rings. The first-order valence-corrected chi connectivity index (χ1v) is 7.05. The van der Waals surface area contributed by atoms with Crippen molar-refractivity contribution < 1.29 is 24.4 Å². The lowest BCUT2D eigenvalue weighted by Crippen LogP contribution is -2.41. The zero-order valence-electron chi connectivity index (χ0n) is 11.0. The van der Waals surface area contributed by atoms with Gasteiger partial charge >= 0.3 is 11.7 Å². The minimum Gasteiger partial charge on any atom is -0.490 e. The Balaban J connectivity index is 2.42. The van der Waals surface area contributed by atoms with Gasteiger partial charge in [-0.2, -0.15) is 0 Å². The predicted octanol–water partition coefficient (Wildman–Crippen LogP) is 1.20. The number of ether oxygens (including phenoxy) is 1. The molecule has 1 N–H and O–H groups in total. The summed E-state index contributed by atoms with van der Waals surface area (Å²) in [5, 5.41) is 20.1. The second-order valence-electron chi connectivity index (χ2n) is 4.24. The second-order valence-corrected chi connectivity index (χ2v) is 5.24. The SMILES string of the molecule is COc1c(C(=O)N2CSC[C@H]2C(=O)O)cccc1[N+](=O)[O-]. The topological polar surface area (TPSA) is 110 Å². The number of para-hydroxylation sites is 1. The van der Waals surface area contributed by atoms with Crippen LogP contribution in [0, 0.1) is 10.1 Å². The molecular weight excluding hydrogens is 300 g/mol. The van der Waals surface area contributed by atoms with Gasteiger partial charge in [0.05, 0.1) is 23.5 Å². The van der Waals surface area contributed by atoms with Crippen LogP contribution in [-0.2, 0) is 4.79 Å². The normalized spacial score (nSPS) is 17.6. The highest BCUT2D eigenvalue weighted by atomic mass is 32.2. The van der Waals surface area contributed by atoms with Crippen molar-refractivity contribution in [3.05, 3.63) is 33.9 Å². The van der Waals surface area contributed by atoms with Crippen LogP contribution >= 0.6 is 11.8 Å². The molecule has 112 valence electrons. The van der Waals surface area contributed by atoms with Gasteiger partial charge in [-0.05, 0) is 6.07 Å². The summed E-state index contributed by atoms with van der Waals surface area (Å²) < 4.78 is 4.97. The molecule has 8 nitrogen and oxygen atoms in total. The Bertz CT molecular complexity index is 605. The number of thioether (sulfide) groups is 1. The van der Waals surface area contributed by atoms with Gasteiger partial charge in [0.25, 0.3) is 5.91 Å². The number of carbonyl (C=O) groups is 2. The molecule has 1 saturated heterocycles. The molecule has 2 rings (SSSR count). The molecule has 21 heavy (non-hydrogen) atoms. The van der Waals surface area contributed by atoms with Crippen molar-refractivity contribution in [3.63, 3.8) is 0 Å². The summed E-state index contributed by atoms with van der Waals surface area (Å²) in [6.45, 7) is 0. The zero-order chi connectivity index (χ0) is 15.6. The zero-order valence-corrected chi connectivity index (χ0v) is 11.8. The fourth-order valence-electron chi connectivity index (χ4n) is 2.05. The molecule has 0 saturated carbocycles. The smallest absolute Gasteiger partial charge is 0.327 e. The summed E-state index contributed by atoms with van der Waals surface area (Å²) in [6, 6.07) is 3.04. The van der Waals surface area contributed by atoms with E-state index in [1.54, 1.807) is 0 Å². The van der Waals surface area contributed by atoms with Crippen molar-refractivity contribution in [2.24, 2.45) is 0 Å². The Morgan fingerprint density at radius 3 is 2.81 bits per heavy atom. The number of benzene rings is 1. The summed E-state index contributed by atoms with van der Waals surface area (Å²) in [4.78, 5) is 35.1. The molecule has 1 aromatic carbocycles. The number of nitrogens with zero attached hydrogens (tertiary/aromatic N) is 2. The number of nitro benzene ring substituents is 1. The lowest BCUT2D eigenvalue weighted by molar-refractivity contribution is -0.385. The van der Waals surface area contributed by atoms with Crippen molar-refractivity contribution in [1.29, 1.82) is 0 Å². The van der Waals surface area contributed by atoms with Crippen molar-refractivity contribution in [3.8, 4) is 5.75 Å². The summed E-state index contributed by atoms with van der Waals surface area (Å²) in [5.74, 6) is -1.33. The third-order valence-corrected chi connectivity index (χ3v) is 4.07. The van der Waals surface area contributed by atoms with E-state index in [9.17, 15) is 19.7 Å². The molecule has 1 atom stereocenters. The van der Waals surface area contributed by atoms with Crippen LogP contribution in [0.25, 0.3) is 0 Å². The number of amides is 1. The van der Waals surface area contributed by atoms with Crippen LogP contribution in [-0.4, -0.2) is 51.6 Å². The van der Waals surface area contributed by atoms with Gasteiger partial charge in [0.2, 0.25) is 5.75 Å². The van der Waals surface area contributed by atoms with Crippen LogP contribution in [0.2, 0.25) is 0 Å². The van der Waals surface area contributed by atoms with Gasteiger partial charge in [-0.15, -0.1) is 11.8 Å². The number of hydrogen-bond acceptors (Lipinski definition) is 6. The van der Waals surface area contributed by atoms with Crippen molar-refractivity contribution in [2.45, 2.75) is 6.04 Å². The van der Waals surface area contributed by atoms with Gasteiger partial charge < -0.3 is 14.7 Å². The van der Waals surface area contributed by atoms with E-state index in [0.717, 1.165) is 0 Å². The number of carbonyl (C=O) groups excluding carboxylic acids is 1. The van der Waals surface area contributed by atoms with E-state index < -0.39 is 22.8 Å². The monoisotopic (exact) mass is 312 g/mol. The largest absolute Gasteiger partial charge is 0.490 e. The Hall–Kier alpha value is -2.29. The van der Waals surface area contributed by atoms with E-state index in [-0.39, 0.29) is 28.6 Å². The second kappa shape index (κ2) is 6.00. The van der Waals surface area contributed by atoms with Gasteiger partial charge in [0.15, 0.2) is 0 Å². The molecule has 0 bridgehead atoms. The number of aliphatic carboxylic acids is 1. The van der Waals surface area contributed by atoms with Gasteiger partial charge in [-0.25, -0.2) is 4.79 Å². The first-order valence-electron chi connectivity index (χ1n) is 5.90. The lowest BCUT2D eigenvalue weighted by atomic mass is 10.1. The molecule has 1 fully saturated rings. The minimum absolute atomic E-state index is 0.0135. The van der Waals surface area contributed by atoms with Crippen LogP contribution in [0.15, 0.2) is 18.2 Å². The first-order chi connectivity index (χ1) is 9.97.